The summed E-state index contributed by atoms with van der Waals surface area (Å²) in [5.74, 6) is -0.768. The van der Waals surface area contributed by atoms with Gasteiger partial charge in [-0.05, 0) is 23.8 Å². The quantitative estimate of drug-likeness (QED) is 0.769. The average Bonchev–Trinajstić information content (AvgIpc) is 2.58. The van der Waals surface area contributed by atoms with Crippen LogP contribution in [0.2, 0.25) is 0 Å². The maximum Gasteiger partial charge on any atom is 0.273 e. The van der Waals surface area contributed by atoms with Gasteiger partial charge in [-0.15, -0.1) is 0 Å². The van der Waals surface area contributed by atoms with Crippen LogP contribution in [-0.2, 0) is 11.3 Å². The summed E-state index contributed by atoms with van der Waals surface area (Å²) in [4.78, 5) is 17.6. The summed E-state index contributed by atoms with van der Waals surface area (Å²) in [6, 6.07) is 13.6. The number of para-hydroxylation sites is 2. The molecule has 0 saturated heterocycles. The molecule has 2 aromatic rings. The third kappa shape index (κ3) is 2.01. The molecule has 0 aromatic heterocycles. The first-order chi connectivity index (χ1) is 9.27. The van der Waals surface area contributed by atoms with E-state index in [0.29, 0.717) is 12.2 Å². The van der Waals surface area contributed by atoms with Crippen molar-refractivity contribution in [2.75, 3.05) is 4.90 Å². The normalized spacial score (nSPS) is 14.2. The fourth-order valence-corrected chi connectivity index (χ4v) is 2.14. The number of halogens is 1. The molecule has 0 fully saturated rings. The second kappa shape index (κ2) is 4.65. The van der Waals surface area contributed by atoms with Gasteiger partial charge in [-0.1, -0.05) is 30.3 Å². The molecule has 1 aliphatic heterocycles. The summed E-state index contributed by atoms with van der Waals surface area (Å²) in [5, 5.41) is 0. The fourth-order valence-electron chi connectivity index (χ4n) is 2.14. The van der Waals surface area contributed by atoms with Gasteiger partial charge in [-0.2, -0.15) is 0 Å². The first-order valence-electron chi connectivity index (χ1n) is 5.94. The summed E-state index contributed by atoms with van der Waals surface area (Å²) in [5.41, 5.74) is 1.82. The van der Waals surface area contributed by atoms with Gasteiger partial charge >= 0.3 is 0 Å². The standard InChI is InChI=1S/C15H11FN2O/c16-12-6-2-4-8-14(12)18-13-7-3-1-5-11(13)9-17-10-15(18)19/h1-8,10H,9H2. The molecule has 3 nitrogen and oxygen atoms in total. The van der Waals surface area contributed by atoms with Gasteiger partial charge in [0.15, 0.2) is 0 Å². The van der Waals surface area contributed by atoms with Gasteiger partial charge in [0.2, 0.25) is 0 Å². The van der Waals surface area contributed by atoms with Crippen LogP contribution < -0.4 is 4.90 Å². The number of hydrogen-bond donors (Lipinski definition) is 0. The molecule has 0 radical (unpaired) electrons. The Hall–Kier alpha value is -2.49. The molecule has 0 saturated carbocycles. The van der Waals surface area contributed by atoms with E-state index in [4.69, 9.17) is 0 Å². The lowest BCUT2D eigenvalue weighted by atomic mass is 10.1. The molecule has 3 rings (SSSR count). The van der Waals surface area contributed by atoms with Crippen LogP contribution in [0.25, 0.3) is 0 Å². The van der Waals surface area contributed by atoms with Gasteiger partial charge in [0.1, 0.15) is 5.82 Å². The van der Waals surface area contributed by atoms with E-state index in [-0.39, 0.29) is 11.6 Å². The average molecular weight is 254 g/mol. The van der Waals surface area contributed by atoms with Crippen LogP contribution in [-0.4, -0.2) is 12.1 Å². The van der Waals surface area contributed by atoms with Gasteiger partial charge in [0.25, 0.3) is 5.91 Å². The van der Waals surface area contributed by atoms with Crippen molar-refractivity contribution in [3.05, 3.63) is 59.9 Å². The molecule has 1 aliphatic rings. The fraction of sp³-hybridized carbons (Fsp3) is 0.0667. The SMILES string of the molecule is O=C1C=NCc2ccccc2N1c1ccccc1F. The lowest BCUT2D eigenvalue weighted by Crippen LogP contribution is -2.27. The highest BCUT2D eigenvalue weighted by Crippen LogP contribution is 2.31. The molecule has 0 spiro atoms. The minimum atomic E-state index is -0.430. The van der Waals surface area contributed by atoms with Crippen LogP contribution in [0.1, 0.15) is 5.56 Å². The molecule has 1 amide bonds. The third-order valence-corrected chi connectivity index (χ3v) is 3.01. The van der Waals surface area contributed by atoms with Gasteiger partial charge in [-0.25, -0.2) is 4.39 Å². The molecular formula is C15H11FN2O. The highest BCUT2D eigenvalue weighted by atomic mass is 19.1. The largest absolute Gasteiger partial charge is 0.283 e. The van der Waals surface area contributed by atoms with Crippen LogP contribution in [0.15, 0.2) is 53.5 Å². The maximum atomic E-state index is 13.9. The van der Waals surface area contributed by atoms with Crippen LogP contribution in [0.4, 0.5) is 15.8 Å². The Morgan fingerprint density at radius 2 is 1.68 bits per heavy atom. The number of anilines is 2. The number of carbonyl (C=O) groups excluding carboxylic acids is 1. The van der Waals surface area contributed by atoms with Crippen LogP contribution >= 0.6 is 0 Å². The highest BCUT2D eigenvalue weighted by Gasteiger charge is 2.23. The lowest BCUT2D eigenvalue weighted by molar-refractivity contribution is -0.111. The van der Waals surface area contributed by atoms with E-state index in [1.54, 1.807) is 24.3 Å². The van der Waals surface area contributed by atoms with E-state index in [0.717, 1.165) is 5.56 Å². The number of carbonyl (C=O) groups is 1. The number of amides is 1. The lowest BCUT2D eigenvalue weighted by Gasteiger charge is -2.22. The summed E-state index contributed by atoms with van der Waals surface area (Å²) < 4.78 is 13.9. The summed E-state index contributed by atoms with van der Waals surface area (Å²) in [7, 11) is 0. The minimum Gasteiger partial charge on any atom is -0.283 e. The van der Waals surface area contributed by atoms with Crippen molar-refractivity contribution in [2.45, 2.75) is 6.54 Å². The predicted octanol–water partition coefficient (Wildman–Crippen LogP) is 3.07. The van der Waals surface area contributed by atoms with Crippen molar-refractivity contribution in [1.82, 2.24) is 0 Å². The zero-order valence-corrected chi connectivity index (χ0v) is 10.1. The first kappa shape index (κ1) is 11.6. The van der Waals surface area contributed by atoms with Gasteiger partial charge < -0.3 is 0 Å². The molecule has 0 bridgehead atoms. The van der Waals surface area contributed by atoms with Gasteiger partial charge in [0.05, 0.1) is 24.1 Å². The number of fused-ring (bicyclic) bond motifs is 1. The topological polar surface area (TPSA) is 32.7 Å². The molecule has 1 heterocycles. The van der Waals surface area contributed by atoms with E-state index in [1.807, 2.05) is 18.2 Å². The molecule has 0 N–H and O–H groups in total. The van der Waals surface area contributed by atoms with Crippen LogP contribution in [0.5, 0.6) is 0 Å². The van der Waals surface area contributed by atoms with E-state index in [9.17, 15) is 9.18 Å². The van der Waals surface area contributed by atoms with Crippen molar-refractivity contribution in [2.24, 2.45) is 4.99 Å². The Balaban J connectivity index is 2.21. The zero-order chi connectivity index (χ0) is 13.2. The van der Waals surface area contributed by atoms with E-state index in [2.05, 4.69) is 4.99 Å². The molecular weight excluding hydrogens is 243 g/mol. The second-order valence-corrected chi connectivity index (χ2v) is 4.22. The van der Waals surface area contributed by atoms with Crippen molar-refractivity contribution in [1.29, 1.82) is 0 Å². The molecule has 2 aromatic carbocycles. The highest BCUT2D eigenvalue weighted by molar-refractivity contribution is 6.35. The Bertz CT molecular complexity index is 667. The molecule has 94 valence electrons. The predicted molar refractivity (Wildman–Crippen MR) is 72.2 cm³/mol. The molecule has 4 heteroatoms. The second-order valence-electron chi connectivity index (χ2n) is 4.22. The molecule has 0 unspecified atom stereocenters. The van der Waals surface area contributed by atoms with Crippen molar-refractivity contribution in [3.8, 4) is 0 Å². The summed E-state index contributed by atoms with van der Waals surface area (Å²) in [6.07, 6.45) is 1.24. The summed E-state index contributed by atoms with van der Waals surface area (Å²) in [6.45, 7) is 0.423. The first-order valence-corrected chi connectivity index (χ1v) is 5.94. The van der Waals surface area contributed by atoms with E-state index >= 15 is 0 Å². The Morgan fingerprint density at radius 1 is 1.00 bits per heavy atom. The van der Waals surface area contributed by atoms with Crippen molar-refractivity contribution < 1.29 is 9.18 Å². The minimum absolute atomic E-state index is 0.244. The maximum absolute atomic E-state index is 13.9. The zero-order valence-electron chi connectivity index (χ0n) is 10.1. The third-order valence-electron chi connectivity index (χ3n) is 3.01. The van der Waals surface area contributed by atoms with Crippen LogP contribution in [0, 0.1) is 5.82 Å². The Morgan fingerprint density at radius 3 is 2.47 bits per heavy atom. The number of rotatable bonds is 1. The van der Waals surface area contributed by atoms with E-state index < -0.39 is 5.82 Å². The van der Waals surface area contributed by atoms with Gasteiger partial charge in [0, 0.05) is 0 Å². The van der Waals surface area contributed by atoms with Crippen LogP contribution in [0.3, 0.4) is 0 Å². The number of aliphatic imine (C=N–C) groups is 1. The smallest absolute Gasteiger partial charge is 0.273 e. The molecule has 0 atom stereocenters. The Kier molecular flexibility index (Phi) is 2.83. The van der Waals surface area contributed by atoms with Crippen molar-refractivity contribution >= 4 is 23.5 Å². The number of nitrogens with zero attached hydrogens (tertiary/aromatic N) is 2. The monoisotopic (exact) mass is 254 g/mol. The number of hydrogen-bond acceptors (Lipinski definition) is 2. The van der Waals surface area contributed by atoms with Crippen molar-refractivity contribution in [3.63, 3.8) is 0 Å². The molecule has 19 heavy (non-hydrogen) atoms. The number of benzene rings is 2. The molecule has 0 aliphatic carbocycles. The van der Waals surface area contributed by atoms with Gasteiger partial charge in [-0.3, -0.25) is 14.7 Å². The van der Waals surface area contributed by atoms with E-state index in [1.165, 1.54) is 17.2 Å². The summed E-state index contributed by atoms with van der Waals surface area (Å²) >= 11 is 0. The Labute approximate surface area is 110 Å².